The number of carbonyl (C=O) groups is 2. The van der Waals surface area contributed by atoms with Gasteiger partial charge in [0.25, 0.3) is 0 Å². The van der Waals surface area contributed by atoms with Crippen LogP contribution in [0, 0.1) is 0 Å². The van der Waals surface area contributed by atoms with Crippen LogP contribution < -0.4 is 0 Å². The zero-order valence-electron chi connectivity index (χ0n) is 14.8. The average molecular weight is 337 g/mol. The molecule has 0 saturated carbocycles. The molecule has 1 amide bonds. The van der Waals surface area contributed by atoms with Gasteiger partial charge in [-0.05, 0) is 26.3 Å². The fourth-order valence-electron chi connectivity index (χ4n) is 3.56. The summed E-state index contributed by atoms with van der Waals surface area (Å²) < 4.78 is 6.16. The Morgan fingerprint density at radius 2 is 1.56 bits per heavy atom. The molecule has 0 unspecified atom stereocenters. The zero-order valence-corrected chi connectivity index (χ0v) is 14.8. The monoisotopic (exact) mass is 337 g/mol. The molecule has 1 fully saturated rings. The van der Waals surface area contributed by atoms with Crippen LogP contribution in [0.5, 0.6) is 0 Å². The van der Waals surface area contributed by atoms with E-state index in [2.05, 4.69) is 0 Å². The lowest BCUT2D eigenvalue weighted by atomic mass is 10.0. The second-order valence-electron chi connectivity index (χ2n) is 6.87. The van der Waals surface area contributed by atoms with Gasteiger partial charge in [0.2, 0.25) is 5.91 Å². The first-order chi connectivity index (χ1) is 11.9. The SMILES string of the molecule is C[C@H]1[C@@H](c2ccccc2)OC(C)(C)N1C(=O)CC(=O)c1ccccc1. The van der Waals surface area contributed by atoms with Gasteiger partial charge in [0, 0.05) is 5.56 Å². The number of hydrogen-bond acceptors (Lipinski definition) is 3. The molecule has 0 aliphatic carbocycles. The van der Waals surface area contributed by atoms with Crippen LogP contribution in [0.25, 0.3) is 0 Å². The Morgan fingerprint density at radius 3 is 2.16 bits per heavy atom. The van der Waals surface area contributed by atoms with Gasteiger partial charge in [-0.3, -0.25) is 9.59 Å². The van der Waals surface area contributed by atoms with Crippen LogP contribution in [0.15, 0.2) is 60.7 Å². The van der Waals surface area contributed by atoms with Crippen molar-refractivity contribution < 1.29 is 14.3 Å². The summed E-state index contributed by atoms with van der Waals surface area (Å²) in [5, 5.41) is 0. The molecule has 0 bridgehead atoms. The van der Waals surface area contributed by atoms with E-state index in [9.17, 15) is 9.59 Å². The number of nitrogens with zero attached hydrogens (tertiary/aromatic N) is 1. The molecule has 4 heteroatoms. The quantitative estimate of drug-likeness (QED) is 0.626. The number of ketones is 1. The van der Waals surface area contributed by atoms with Gasteiger partial charge >= 0.3 is 0 Å². The molecule has 4 nitrogen and oxygen atoms in total. The first-order valence-corrected chi connectivity index (χ1v) is 8.53. The summed E-state index contributed by atoms with van der Waals surface area (Å²) >= 11 is 0. The van der Waals surface area contributed by atoms with Crippen molar-refractivity contribution in [3.05, 3.63) is 71.8 Å². The van der Waals surface area contributed by atoms with E-state index in [1.807, 2.05) is 57.2 Å². The van der Waals surface area contributed by atoms with Crippen molar-refractivity contribution in [2.24, 2.45) is 0 Å². The van der Waals surface area contributed by atoms with Crippen molar-refractivity contribution in [3.63, 3.8) is 0 Å². The molecule has 2 aromatic carbocycles. The Kier molecular flexibility index (Phi) is 4.73. The maximum absolute atomic E-state index is 12.9. The normalized spacial score (nSPS) is 22.0. The molecule has 2 aromatic rings. The van der Waals surface area contributed by atoms with Crippen LogP contribution in [0.2, 0.25) is 0 Å². The third-order valence-corrected chi connectivity index (χ3v) is 4.65. The summed E-state index contributed by atoms with van der Waals surface area (Å²) in [6, 6.07) is 18.6. The Bertz CT molecular complexity index is 755. The summed E-state index contributed by atoms with van der Waals surface area (Å²) in [6.45, 7) is 5.71. The first-order valence-electron chi connectivity index (χ1n) is 8.53. The number of rotatable bonds is 4. The van der Waals surface area contributed by atoms with Gasteiger partial charge < -0.3 is 9.64 Å². The summed E-state index contributed by atoms with van der Waals surface area (Å²) in [7, 11) is 0. The van der Waals surface area contributed by atoms with Gasteiger partial charge in [-0.15, -0.1) is 0 Å². The van der Waals surface area contributed by atoms with E-state index < -0.39 is 5.72 Å². The molecule has 25 heavy (non-hydrogen) atoms. The lowest BCUT2D eigenvalue weighted by Gasteiger charge is -2.32. The fraction of sp³-hybridized carbons (Fsp3) is 0.333. The molecule has 1 saturated heterocycles. The molecule has 130 valence electrons. The number of hydrogen-bond donors (Lipinski definition) is 0. The number of ether oxygens (including phenoxy) is 1. The van der Waals surface area contributed by atoms with E-state index >= 15 is 0 Å². The molecule has 1 heterocycles. The molecule has 1 aliphatic heterocycles. The summed E-state index contributed by atoms with van der Waals surface area (Å²) in [4.78, 5) is 26.9. The summed E-state index contributed by atoms with van der Waals surface area (Å²) in [5.74, 6) is -0.374. The summed E-state index contributed by atoms with van der Waals surface area (Å²) in [5.41, 5.74) is 0.836. The predicted molar refractivity (Wildman–Crippen MR) is 96.0 cm³/mol. The maximum atomic E-state index is 12.9. The second kappa shape index (κ2) is 6.81. The van der Waals surface area contributed by atoms with Crippen molar-refractivity contribution >= 4 is 11.7 Å². The standard InChI is InChI=1S/C21H23NO3/c1-15-20(17-12-8-5-9-13-17)25-21(2,3)22(15)19(24)14-18(23)16-10-6-4-7-11-16/h4-13,15,20H,14H2,1-3H3/t15-,20-/m0/s1. The Labute approximate surface area is 148 Å². The van der Waals surface area contributed by atoms with Gasteiger partial charge in [-0.1, -0.05) is 60.7 Å². The van der Waals surface area contributed by atoms with E-state index in [-0.39, 0.29) is 30.3 Å². The van der Waals surface area contributed by atoms with Gasteiger partial charge in [0.05, 0.1) is 12.5 Å². The minimum atomic E-state index is -0.756. The smallest absolute Gasteiger partial charge is 0.232 e. The Hall–Kier alpha value is -2.46. The highest BCUT2D eigenvalue weighted by Crippen LogP contribution is 2.41. The third-order valence-electron chi connectivity index (χ3n) is 4.65. The fourth-order valence-corrected chi connectivity index (χ4v) is 3.56. The molecular formula is C21H23NO3. The number of amides is 1. The van der Waals surface area contributed by atoms with Crippen LogP contribution in [0.1, 0.15) is 49.2 Å². The van der Waals surface area contributed by atoms with E-state index in [0.29, 0.717) is 5.56 Å². The predicted octanol–water partition coefficient (Wildman–Crippen LogP) is 3.98. The highest BCUT2D eigenvalue weighted by atomic mass is 16.5. The largest absolute Gasteiger partial charge is 0.346 e. The van der Waals surface area contributed by atoms with Crippen molar-refractivity contribution in [1.82, 2.24) is 4.90 Å². The van der Waals surface area contributed by atoms with Crippen molar-refractivity contribution in [1.29, 1.82) is 0 Å². The molecule has 0 aromatic heterocycles. The van der Waals surface area contributed by atoms with Gasteiger partial charge in [0.1, 0.15) is 11.8 Å². The summed E-state index contributed by atoms with van der Waals surface area (Å²) in [6.07, 6.45) is -0.352. The second-order valence-corrected chi connectivity index (χ2v) is 6.87. The Morgan fingerprint density at radius 1 is 1.00 bits per heavy atom. The highest BCUT2D eigenvalue weighted by molar-refractivity contribution is 6.07. The van der Waals surface area contributed by atoms with Crippen LogP contribution in [-0.2, 0) is 9.53 Å². The first kappa shape index (κ1) is 17.4. The van der Waals surface area contributed by atoms with Gasteiger partial charge in [-0.2, -0.15) is 0 Å². The maximum Gasteiger partial charge on any atom is 0.232 e. The molecule has 0 spiro atoms. The molecule has 1 aliphatic rings. The van der Waals surface area contributed by atoms with Crippen LogP contribution >= 0.6 is 0 Å². The lowest BCUT2D eigenvalue weighted by Crippen LogP contribution is -2.47. The lowest BCUT2D eigenvalue weighted by molar-refractivity contribution is -0.146. The minimum Gasteiger partial charge on any atom is -0.346 e. The third kappa shape index (κ3) is 3.49. The zero-order chi connectivity index (χ0) is 18.0. The topological polar surface area (TPSA) is 46.6 Å². The van der Waals surface area contributed by atoms with E-state index in [0.717, 1.165) is 5.56 Å². The molecule has 0 N–H and O–H groups in total. The molecule has 3 rings (SSSR count). The number of Topliss-reactive ketones (excluding diaryl/α,β-unsaturated/α-hetero) is 1. The van der Waals surface area contributed by atoms with Crippen LogP contribution in [-0.4, -0.2) is 28.4 Å². The Balaban J connectivity index is 1.78. The van der Waals surface area contributed by atoms with Crippen molar-refractivity contribution in [2.75, 3.05) is 0 Å². The highest BCUT2D eigenvalue weighted by Gasteiger charge is 2.48. The van der Waals surface area contributed by atoms with Crippen LogP contribution in [0.4, 0.5) is 0 Å². The van der Waals surface area contributed by atoms with Crippen LogP contribution in [0.3, 0.4) is 0 Å². The van der Waals surface area contributed by atoms with Crippen molar-refractivity contribution in [2.45, 2.75) is 45.1 Å². The number of benzene rings is 2. The number of carbonyl (C=O) groups excluding carboxylic acids is 2. The minimum absolute atomic E-state index is 0.145. The van der Waals surface area contributed by atoms with Gasteiger partial charge in [-0.25, -0.2) is 0 Å². The average Bonchev–Trinajstić information content (AvgIpc) is 2.85. The van der Waals surface area contributed by atoms with E-state index in [1.165, 1.54) is 0 Å². The molecule has 2 atom stereocenters. The molecular weight excluding hydrogens is 314 g/mol. The molecule has 0 radical (unpaired) electrons. The van der Waals surface area contributed by atoms with Crippen molar-refractivity contribution in [3.8, 4) is 0 Å². The van der Waals surface area contributed by atoms with Gasteiger partial charge in [0.15, 0.2) is 5.78 Å². The van der Waals surface area contributed by atoms with E-state index in [4.69, 9.17) is 4.74 Å². The van der Waals surface area contributed by atoms with E-state index in [1.54, 1.807) is 29.2 Å².